The number of methoxy groups -OCH3 is 1. The van der Waals surface area contributed by atoms with E-state index in [-0.39, 0.29) is 17.0 Å². The first-order chi connectivity index (χ1) is 12.0. The molecule has 0 bridgehead atoms. The normalized spacial score (nSPS) is 11.3. The molecule has 3 rings (SSSR count). The fourth-order valence-corrected chi connectivity index (χ4v) is 2.51. The van der Waals surface area contributed by atoms with Gasteiger partial charge in [0.2, 0.25) is 0 Å². The quantitative estimate of drug-likeness (QED) is 0.443. The second-order valence-electron chi connectivity index (χ2n) is 5.46. The molecule has 0 aliphatic carbocycles. The van der Waals surface area contributed by atoms with Crippen LogP contribution in [0.5, 0.6) is 5.75 Å². The molecule has 0 amide bonds. The molecule has 0 aliphatic rings. The number of aryl methyl sites for hydroxylation is 1. The van der Waals surface area contributed by atoms with Gasteiger partial charge in [0.15, 0.2) is 5.75 Å². The number of benzene rings is 2. The topological polar surface area (TPSA) is 105 Å². The number of H-pyrrole nitrogens is 1. The SMILES string of the molecule is COc1ccc(C=C(C#N)c2nc3ccc(C)cc3[nH]2)cc1[N+](=O)[O-]. The third-order valence-corrected chi connectivity index (χ3v) is 3.72. The van der Waals surface area contributed by atoms with Gasteiger partial charge < -0.3 is 9.72 Å². The van der Waals surface area contributed by atoms with Gasteiger partial charge in [0, 0.05) is 6.07 Å². The summed E-state index contributed by atoms with van der Waals surface area (Å²) < 4.78 is 4.98. The third-order valence-electron chi connectivity index (χ3n) is 3.72. The van der Waals surface area contributed by atoms with E-state index in [4.69, 9.17) is 4.74 Å². The molecule has 0 saturated heterocycles. The summed E-state index contributed by atoms with van der Waals surface area (Å²) in [6.07, 6.45) is 1.55. The summed E-state index contributed by atoms with van der Waals surface area (Å²) in [4.78, 5) is 18.1. The van der Waals surface area contributed by atoms with Crippen LogP contribution in [0, 0.1) is 28.4 Å². The Kier molecular flexibility index (Phi) is 4.18. The Bertz CT molecular complexity index is 1040. The van der Waals surface area contributed by atoms with Crippen LogP contribution in [0.2, 0.25) is 0 Å². The number of nitrogens with one attached hydrogen (secondary N) is 1. The lowest BCUT2D eigenvalue weighted by Gasteiger charge is -2.02. The molecule has 1 heterocycles. The van der Waals surface area contributed by atoms with E-state index in [1.807, 2.05) is 25.1 Å². The van der Waals surface area contributed by atoms with E-state index < -0.39 is 4.92 Å². The van der Waals surface area contributed by atoms with Crippen molar-refractivity contribution in [3.05, 3.63) is 63.5 Å². The van der Waals surface area contributed by atoms with Crippen molar-refractivity contribution in [2.24, 2.45) is 0 Å². The van der Waals surface area contributed by atoms with E-state index in [0.29, 0.717) is 11.4 Å². The zero-order valence-electron chi connectivity index (χ0n) is 13.6. The molecule has 25 heavy (non-hydrogen) atoms. The minimum Gasteiger partial charge on any atom is -0.490 e. The molecule has 0 radical (unpaired) electrons. The lowest BCUT2D eigenvalue weighted by Crippen LogP contribution is -1.94. The van der Waals surface area contributed by atoms with Crippen molar-refractivity contribution in [3.63, 3.8) is 0 Å². The van der Waals surface area contributed by atoms with Gasteiger partial charge in [-0.05, 0) is 42.3 Å². The van der Waals surface area contributed by atoms with E-state index in [1.165, 1.54) is 19.2 Å². The number of rotatable bonds is 4. The van der Waals surface area contributed by atoms with Crippen molar-refractivity contribution < 1.29 is 9.66 Å². The van der Waals surface area contributed by atoms with Crippen LogP contribution < -0.4 is 4.74 Å². The predicted molar refractivity (Wildman–Crippen MR) is 94.0 cm³/mol. The number of ether oxygens (including phenoxy) is 1. The molecule has 0 aliphatic heterocycles. The Morgan fingerprint density at radius 3 is 2.84 bits per heavy atom. The van der Waals surface area contributed by atoms with Crippen LogP contribution in [-0.2, 0) is 0 Å². The number of nitro groups is 1. The van der Waals surface area contributed by atoms with Crippen molar-refractivity contribution in [3.8, 4) is 11.8 Å². The highest BCUT2D eigenvalue weighted by Gasteiger charge is 2.15. The Balaban J connectivity index is 2.06. The van der Waals surface area contributed by atoms with E-state index in [2.05, 4.69) is 16.0 Å². The van der Waals surface area contributed by atoms with Crippen LogP contribution in [0.3, 0.4) is 0 Å². The molecule has 0 spiro atoms. The van der Waals surface area contributed by atoms with Crippen LogP contribution in [0.4, 0.5) is 5.69 Å². The van der Waals surface area contributed by atoms with E-state index in [9.17, 15) is 15.4 Å². The lowest BCUT2D eigenvalue weighted by atomic mass is 10.1. The third kappa shape index (κ3) is 3.19. The first-order valence-corrected chi connectivity index (χ1v) is 7.43. The molecule has 1 N–H and O–H groups in total. The maximum absolute atomic E-state index is 11.1. The van der Waals surface area contributed by atoms with Gasteiger partial charge in [-0.1, -0.05) is 12.1 Å². The molecule has 0 atom stereocenters. The summed E-state index contributed by atoms with van der Waals surface area (Å²) in [5.74, 6) is 0.585. The number of fused-ring (bicyclic) bond motifs is 1. The average molecular weight is 334 g/mol. The summed E-state index contributed by atoms with van der Waals surface area (Å²) >= 11 is 0. The molecule has 124 valence electrons. The summed E-state index contributed by atoms with van der Waals surface area (Å²) in [5.41, 5.74) is 3.30. The zero-order chi connectivity index (χ0) is 18.0. The second-order valence-corrected chi connectivity index (χ2v) is 5.46. The van der Waals surface area contributed by atoms with Gasteiger partial charge in [-0.2, -0.15) is 5.26 Å². The van der Waals surface area contributed by atoms with Gasteiger partial charge in [-0.3, -0.25) is 10.1 Å². The van der Waals surface area contributed by atoms with Crippen molar-refractivity contribution in [1.82, 2.24) is 9.97 Å². The van der Waals surface area contributed by atoms with Gasteiger partial charge >= 0.3 is 5.69 Å². The standard InChI is InChI=1S/C18H14N4O3/c1-11-3-5-14-15(7-11)21-18(20-14)13(10-19)8-12-4-6-17(25-2)16(9-12)22(23)24/h3-9H,1-2H3,(H,20,21). The van der Waals surface area contributed by atoms with Crippen molar-refractivity contribution in [1.29, 1.82) is 5.26 Å². The highest BCUT2D eigenvalue weighted by Crippen LogP contribution is 2.29. The van der Waals surface area contributed by atoms with Gasteiger partial charge in [-0.15, -0.1) is 0 Å². The van der Waals surface area contributed by atoms with E-state index in [0.717, 1.165) is 16.6 Å². The minimum atomic E-state index is -0.522. The number of imidazole rings is 1. The summed E-state index contributed by atoms with van der Waals surface area (Å²) in [5, 5.41) is 20.6. The molecule has 1 aromatic heterocycles. The van der Waals surface area contributed by atoms with Crippen LogP contribution in [0.1, 0.15) is 17.0 Å². The molecule has 3 aromatic rings. The molecule has 7 nitrogen and oxygen atoms in total. The highest BCUT2D eigenvalue weighted by atomic mass is 16.6. The molecular formula is C18H14N4O3. The number of nitriles is 1. The van der Waals surface area contributed by atoms with Gasteiger partial charge in [-0.25, -0.2) is 4.98 Å². The van der Waals surface area contributed by atoms with Gasteiger partial charge in [0.05, 0.1) is 28.6 Å². The van der Waals surface area contributed by atoms with E-state index in [1.54, 1.807) is 12.1 Å². The zero-order valence-corrected chi connectivity index (χ0v) is 13.6. The van der Waals surface area contributed by atoms with Crippen molar-refractivity contribution in [2.75, 3.05) is 7.11 Å². The van der Waals surface area contributed by atoms with Gasteiger partial charge in [0.1, 0.15) is 11.9 Å². The molecule has 0 fully saturated rings. The summed E-state index contributed by atoms with van der Waals surface area (Å²) in [6, 6.07) is 12.4. The molecule has 7 heteroatoms. The first kappa shape index (κ1) is 16.2. The van der Waals surface area contributed by atoms with Gasteiger partial charge in [0.25, 0.3) is 0 Å². The maximum Gasteiger partial charge on any atom is 0.311 e. The number of aromatic nitrogens is 2. The highest BCUT2D eigenvalue weighted by molar-refractivity contribution is 5.90. The predicted octanol–water partition coefficient (Wildman–Crippen LogP) is 3.85. The smallest absolute Gasteiger partial charge is 0.311 e. The number of nitrogens with zero attached hydrogens (tertiary/aromatic N) is 3. The Morgan fingerprint density at radius 1 is 1.36 bits per heavy atom. The average Bonchev–Trinajstić information content (AvgIpc) is 3.02. The van der Waals surface area contributed by atoms with Crippen LogP contribution >= 0.6 is 0 Å². The van der Waals surface area contributed by atoms with Crippen molar-refractivity contribution >= 4 is 28.4 Å². The monoisotopic (exact) mass is 334 g/mol. The maximum atomic E-state index is 11.1. The number of allylic oxidation sites excluding steroid dienone is 1. The minimum absolute atomic E-state index is 0.159. The number of hydrogen-bond donors (Lipinski definition) is 1. The van der Waals surface area contributed by atoms with Crippen LogP contribution in [0.25, 0.3) is 22.7 Å². The molecule has 0 saturated carbocycles. The largest absolute Gasteiger partial charge is 0.490 e. The Morgan fingerprint density at radius 2 is 2.16 bits per heavy atom. The Labute approximate surface area is 143 Å². The summed E-state index contributed by atoms with van der Waals surface area (Å²) in [7, 11) is 1.37. The molecule has 0 unspecified atom stereocenters. The van der Waals surface area contributed by atoms with Crippen LogP contribution in [-0.4, -0.2) is 22.0 Å². The molecular weight excluding hydrogens is 320 g/mol. The second kappa shape index (κ2) is 6.45. The van der Waals surface area contributed by atoms with E-state index >= 15 is 0 Å². The fourth-order valence-electron chi connectivity index (χ4n) is 2.51. The first-order valence-electron chi connectivity index (χ1n) is 7.43. The summed E-state index contributed by atoms with van der Waals surface area (Å²) in [6.45, 7) is 1.97. The number of aromatic amines is 1. The van der Waals surface area contributed by atoms with Crippen LogP contribution in [0.15, 0.2) is 36.4 Å². The number of hydrogen-bond acceptors (Lipinski definition) is 5. The Hall–Kier alpha value is -3.66. The fraction of sp³-hybridized carbons (Fsp3) is 0.111. The lowest BCUT2D eigenvalue weighted by molar-refractivity contribution is -0.385. The number of nitro benzene ring substituents is 1. The van der Waals surface area contributed by atoms with Crippen molar-refractivity contribution in [2.45, 2.75) is 6.92 Å². The molecule has 2 aromatic carbocycles.